The highest BCUT2D eigenvalue weighted by Crippen LogP contribution is 2.24. The summed E-state index contributed by atoms with van der Waals surface area (Å²) in [5.74, 6) is -1.26. The molecular weight excluding hydrogens is 414 g/mol. The van der Waals surface area contributed by atoms with Crippen LogP contribution in [0.15, 0.2) is 46.9 Å². The second-order valence-corrected chi connectivity index (χ2v) is 9.71. The first-order valence-corrected chi connectivity index (χ1v) is 11.6. The summed E-state index contributed by atoms with van der Waals surface area (Å²) in [7, 11) is -3.62. The summed E-state index contributed by atoms with van der Waals surface area (Å²) in [6, 6.07) is 6.88. The van der Waals surface area contributed by atoms with Crippen LogP contribution < -0.4 is 5.32 Å². The van der Waals surface area contributed by atoms with E-state index in [0.29, 0.717) is 19.4 Å². The summed E-state index contributed by atoms with van der Waals surface area (Å²) in [6.07, 6.45) is 2.62. The lowest BCUT2D eigenvalue weighted by molar-refractivity contribution is -0.159. The molecule has 10 heteroatoms. The lowest BCUT2D eigenvalue weighted by Gasteiger charge is -2.30. The Labute approximate surface area is 173 Å². The molecule has 1 unspecified atom stereocenters. The van der Waals surface area contributed by atoms with Crippen LogP contribution in [0.25, 0.3) is 0 Å². The molecule has 2 aromatic rings. The first-order chi connectivity index (χ1) is 13.9. The molecule has 0 aliphatic carbocycles. The van der Waals surface area contributed by atoms with Crippen molar-refractivity contribution in [2.75, 3.05) is 13.1 Å². The number of thiophene rings is 1. The first kappa shape index (κ1) is 21.4. The van der Waals surface area contributed by atoms with Gasteiger partial charge in [0.25, 0.3) is 5.91 Å². The van der Waals surface area contributed by atoms with Gasteiger partial charge in [0.1, 0.15) is 4.90 Å². The van der Waals surface area contributed by atoms with Crippen molar-refractivity contribution in [2.45, 2.75) is 37.3 Å². The number of piperidine rings is 1. The van der Waals surface area contributed by atoms with Gasteiger partial charge >= 0.3 is 5.97 Å². The molecule has 0 radical (unpaired) electrons. The number of carbonyl (C=O) groups excluding carboxylic acids is 2. The van der Waals surface area contributed by atoms with Crippen molar-refractivity contribution in [3.63, 3.8) is 0 Å². The molecule has 2 aromatic heterocycles. The van der Waals surface area contributed by atoms with Crippen molar-refractivity contribution >= 4 is 33.2 Å². The number of rotatable bonds is 7. The lowest BCUT2D eigenvalue weighted by Crippen LogP contribution is -2.42. The first-order valence-electron chi connectivity index (χ1n) is 9.28. The molecule has 1 N–H and O–H groups in total. The van der Waals surface area contributed by atoms with Gasteiger partial charge in [0.2, 0.25) is 10.0 Å². The van der Waals surface area contributed by atoms with Crippen LogP contribution in [0.5, 0.6) is 0 Å². The Morgan fingerprint density at radius 2 is 2.07 bits per heavy atom. The summed E-state index contributed by atoms with van der Waals surface area (Å²) in [5.41, 5.74) is 0. The number of pyridine rings is 1. The summed E-state index contributed by atoms with van der Waals surface area (Å²) in [6.45, 7) is 2.36. The number of amides is 1. The van der Waals surface area contributed by atoms with Crippen LogP contribution in [0.3, 0.4) is 0 Å². The predicted molar refractivity (Wildman–Crippen MR) is 107 cm³/mol. The number of hydrogen-bond donors (Lipinski definition) is 1. The van der Waals surface area contributed by atoms with Gasteiger partial charge in [0.05, 0.1) is 12.5 Å². The molecule has 0 aromatic carbocycles. The van der Waals surface area contributed by atoms with Crippen molar-refractivity contribution in [3.05, 3.63) is 46.9 Å². The number of nitrogens with zero attached hydrogens (tertiary/aromatic N) is 2. The SMILES string of the molecule is CC(OC(=O)C1CCN(S(=O)(=O)c2cccnc2)CC1)C(=O)NCc1cccs1. The molecule has 156 valence electrons. The number of sulfonamides is 1. The Kier molecular flexibility index (Phi) is 6.99. The quantitative estimate of drug-likeness (QED) is 0.662. The molecule has 1 aliphatic rings. The second-order valence-electron chi connectivity index (χ2n) is 6.74. The molecule has 8 nitrogen and oxygen atoms in total. The molecule has 0 saturated carbocycles. The zero-order chi connectivity index (χ0) is 20.9. The van der Waals surface area contributed by atoms with Crippen molar-refractivity contribution in [2.24, 2.45) is 5.92 Å². The molecule has 1 saturated heterocycles. The number of ether oxygens (including phenoxy) is 1. The fourth-order valence-corrected chi connectivity index (χ4v) is 5.11. The van der Waals surface area contributed by atoms with Crippen LogP contribution in [-0.4, -0.2) is 48.8 Å². The third-order valence-corrected chi connectivity index (χ3v) is 7.50. The summed E-state index contributed by atoms with van der Waals surface area (Å²) < 4.78 is 31.9. The minimum absolute atomic E-state index is 0.136. The summed E-state index contributed by atoms with van der Waals surface area (Å²) in [5, 5.41) is 4.66. The number of hydrogen-bond acceptors (Lipinski definition) is 7. The van der Waals surface area contributed by atoms with Crippen LogP contribution >= 0.6 is 11.3 Å². The summed E-state index contributed by atoms with van der Waals surface area (Å²) in [4.78, 5) is 29.5. The average Bonchev–Trinajstić information content (AvgIpc) is 3.26. The maximum Gasteiger partial charge on any atom is 0.309 e. The largest absolute Gasteiger partial charge is 0.452 e. The Morgan fingerprint density at radius 1 is 1.31 bits per heavy atom. The van der Waals surface area contributed by atoms with E-state index in [1.807, 2.05) is 17.5 Å². The monoisotopic (exact) mass is 437 g/mol. The fourth-order valence-electron chi connectivity index (χ4n) is 3.04. The van der Waals surface area contributed by atoms with E-state index in [9.17, 15) is 18.0 Å². The second kappa shape index (κ2) is 9.47. The van der Waals surface area contributed by atoms with E-state index in [4.69, 9.17) is 4.74 Å². The Morgan fingerprint density at radius 3 is 2.69 bits per heavy atom. The minimum atomic E-state index is -3.62. The van der Waals surface area contributed by atoms with E-state index in [1.165, 1.54) is 41.0 Å². The highest BCUT2D eigenvalue weighted by atomic mass is 32.2. The van der Waals surface area contributed by atoms with Gasteiger partial charge in [0.15, 0.2) is 6.10 Å². The highest BCUT2D eigenvalue weighted by molar-refractivity contribution is 7.89. The molecule has 3 rings (SSSR count). The number of carbonyl (C=O) groups is 2. The van der Waals surface area contributed by atoms with Gasteiger partial charge in [-0.2, -0.15) is 4.31 Å². The third-order valence-electron chi connectivity index (χ3n) is 4.74. The van der Waals surface area contributed by atoms with E-state index in [0.717, 1.165) is 4.88 Å². The molecule has 1 atom stereocenters. The fraction of sp³-hybridized carbons (Fsp3) is 0.421. The maximum atomic E-state index is 12.6. The topological polar surface area (TPSA) is 106 Å². The van der Waals surface area contributed by atoms with Crippen LogP contribution in [-0.2, 0) is 30.9 Å². The number of aromatic nitrogens is 1. The molecule has 0 bridgehead atoms. The lowest BCUT2D eigenvalue weighted by atomic mass is 9.98. The smallest absolute Gasteiger partial charge is 0.309 e. The van der Waals surface area contributed by atoms with Gasteiger partial charge in [-0.05, 0) is 43.3 Å². The average molecular weight is 438 g/mol. The Balaban J connectivity index is 1.47. The van der Waals surface area contributed by atoms with Crippen LogP contribution in [0, 0.1) is 5.92 Å². The van der Waals surface area contributed by atoms with Crippen molar-refractivity contribution in [1.29, 1.82) is 0 Å². The summed E-state index contributed by atoms with van der Waals surface area (Å²) >= 11 is 1.53. The van der Waals surface area contributed by atoms with Crippen LogP contribution in [0.1, 0.15) is 24.6 Å². The maximum absolute atomic E-state index is 12.6. The number of nitrogens with one attached hydrogen (secondary N) is 1. The van der Waals surface area contributed by atoms with Crippen molar-refractivity contribution in [1.82, 2.24) is 14.6 Å². The number of esters is 1. The van der Waals surface area contributed by atoms with Gasteiger partial charge < -0.3 is 10.1 Å². The van der Waals surface area contributed by atoms with Gasteiger partial charge in [-0.1, -0.05) is 6.07 Å². The molecule has 0 spiro atoms. The zero-order valence-electron chi connectivity index (χ0n) is 16.0. The van der Waals surface area contributed by atoms with Crippen molar-refractivity contribution < 1.29 is 22.7 Å². The Hall–Kier alpha value is -2.30. The van der Waals surface area contributed by atoms with E-state index in [2.05, 4.69) is 10.3 Å². The molecule has 1 fully saturated rings. The minimum Gasteiger partial charge on any atom is -0.452 e. The predicted octanol–water partition coefficient (Wildman–Crippen LogP) is 1.79. The van der Waals surface area contributed by atoms with Crippen molar-refractivity contribution in [3.8, 4) is 0 Å². The van der Waals surface area contributed by atoms with Crippen LogP contribution in [0.4, 0.5) is 0 Å². The van der Waals surface area contributed by atoms with E-state index in [1.54, 1.807) is 6.07 Å². The normalized spacial score (nSPS) is 16.9. The van der Waals surface area contributed by atoms with E-state index >= 15 is 0 Å². The van der Waals surface area contributed by atoms with Crippen LogP contribution in [0.2, 0.25) is 0 Å². The van der Waals surface area contributed by atoms with Gasteiger partial charge in [0, 0.05) is 30.4 Å². The standard InChI is InChI=1S/C19H23N3O5S2/c1-14(18(23)21-12-16-4-3-11-28-16)27-19(24)15-6-9-22(10-7-15)29(25,26)17-5-2-8-20-13-17/h2-5,8,11,13-15H,6-7,9-10,12H2,1H3,(H,21,23). The van der Waals surface area contributed by atoms with Gasteiger partial charge in [-0.25, -0.2) is 8.42 Å². The molecule has 3 heterocycles. The molecular formula is C19H23N3O5S2. The Bertz CT molecular complexity index is 924. The van der Waals surface area contributed by atoms with E-state index < -0.39 is 28.0 Å². The van der Waals surface area contributed by atoms with E-state index in [-0.39, 0.29) is 23.9 Å². The highest BCUT2D eigenvalue weighted by Gasteiger charge is 2.34. The molecule has 1 amide bonds. The van der Waals surface area contributed by atoms with Gasteiger partial charge in [-0.3, -0.25) is 14.6 Å². The zero-order valence-corrected chi connectivity index (χ0v) is 17.6. The molecule has 29 heavy (non-hydrogen) atoms. The third kappa shape index (κ3) is 5.40. The van der Waals surface area contributed by atoms with Gasteiger partial charge in [-0.15, -0.1) is 11.3 Å². The molecule has 1 aliphatic heterocycles.